The first-order chi connectivity index (χ1) is 12.7. The van der Waals surface area contributed by atoms with E-state index < -0.39 is 0 Å². The van der Waals surface area contributed by atoms with Crippen molar-refractivity contribution < 1.29 is 13.9 Å². The van der Waals surface area contributed by atoms with Gasteiger partial charge in [-0.2, -0.15) is 0 Å². The van der Waals surface area contributed by atoms with Crippen molar-refractivity contribution in [1.82, 2.24) is 20.0 Å². The van der Waals surface area contributed by atoms with Crippen molar-refractivity contribution in [3.05, 3.63) is 35.6 Å². The minimum Gasteiger partial charge on any atom is -0.379 e. The van der Waals surface area contributed by atoms with Crippen LogP contribution in [0.25, 0.3) is 0 Å². The lowest BCUT2D eigenvalue weighted by atomic mass is 10.1. The monoisotopic (exact) mass is 364 g/mol. The van der Waals surface area contributed by atoms with Gasteiger partial charge < -0.3 is 15.0 Å². The van der Waals surface area contributed by atoms with Gasteiger partial charge in [-0.05, 0) is 18.1 Å². The van der Waals surface area contributed by atoms with Crippen molar-refractivity contribution in [2.75, 3.05) is 72.1 Å². The summed E-state index contributed by atoms with van der Waals surface area (Å²) in [6, 6.07) is 6.96. The number of carbonyl (C=O) groups excluding carboxylic acids is 1. The Hall–Kier alpha value is -1.70. The van der Waals surface area contributed by atoms with Gasteiger partial charge in [-0.25, -0.2) is 9.18 Å². The fourth-order valence-corrected chi connectivity index (χ4v) is 3.41. The minimum atomic E-state index is -0.134. The summed E-state index contributed by atoms with van der Waals surface area (Å²) in [6.45, 7) is 8.94. The fraction of sp³-hybridized carbons (Fsp3) is 0.632. The van der Waals surface area contributed by atoms with E-state index in [1.165, 1.54) is 6.07 Å². The smallest absolute Gasteiger partial charge is 0.317 e. The molecular formula is C19H29FN4O2. The number of carbonyl (C=O) groups is 1. The van der Waals surface area contributed by atoms with Gasteiger partial charge in [-0.1, -0.05) is 18.2 Å². The highest BCUT2D eigenvalue weighted by molar-refractivity contribution is 5.74. The van der Waals surface area contributed by atoms with Crippen LogP contribution in [0.2, 0.25) is 0 Å². The van der Waals surface area contributed by atoms with Gasteiger partial charge in [0.2, 0.25) is 0 Å². The van der Waals surface area contributed by atoms with Crippen LogP contribution in [0.4, 0.5) is 9.18 Å². The van der Waals surface area contributed by atoms with E-state index in [0.717, 1.165) is 71.1 Å². The quantitative estimate of drug-likeness (QED) is 0.819. The largest absolute Gasteiger partial charge is 0.379 e. The number of ether oxygens (including phenoxy) is 1. The van der Waals surface area contributed by atoms with Crippen LogP contribution < -0.4 is 5.32 Å². The molecule has 0 bridgehead atoms. The van der Waals surface area contributed by atoms with Crippen molar-refractivity contribution in [3.63, 3.8) is 0 Å². The average Bonchev–Trinajstić information content (AvgIpc) is 2.68. The number of piperazine rings is 1. The van der Waals surface area contributed by atoms with Crippen LogP contribution >= 0.6 is 0 Å². The molecule has 1 aromatic carbocycles. The molecule has 2 fully saturated rings. The predicted molar refractivity (Wildman–Crippen MR) is 98.8 cm³/mol. The van der Waals surface area contributed by atoms with Crippen molar-refractivity contribution in [2.24, 2.45) is 0 Å². The Bertz CT molecular complexity index is 572. The summed E-state index contributed by atoms with van der Waals surface area (Å²) in [6.07, 6.45) is 0.707. The lowest BCUT2D eigenvalue weighted by Gasteiger charge is -2.35. The molecule has 2 saturated heterocycles. The summed E-state index contributed by atoms with van der Waals surface area (Å²) in [4.78, 5) is 18.8. The van der Waals surface area contributed by atoms with E-state index in [-0.39, 0.29) is 11.8 Å². The normalized spacial score (nSPS) is 19.5. The second-order valence-electron chi connectivity index (χ2n) is 6.86. The van der Waals surface area contributed by atoms with Crippen LogP contribution in [-0.2, 0) is 11.2 Å². The Kier molecular flexibility index (Phi) is 7.22. The van der Waals surface area contributed by atoms with Gasteiger partial charge in [-0.3, -0.25) is 9.80 Å². The molecule has 1 N–H and O–H groups in total. The van der Waals surface area contributed by atoms with E-state index in [0.29, 0.717) is 13.0 Å². The highest BCUT2D eigenvalue weighted by Gasteiger charge is 2.21. The van der Waals surface area contributed by atoms with Gasteiger partial charge in [-0.15, -0.1) is 0 Å². The molecule has 0 atom stereocenters. The van der Waals surface area contributed by atoms with E-state index >= 15 is 0 Å². The zero-order chi connectivity index (χ0) is 18.2. The number of benzene rings is 1. The number of hydrogen-bond donors (Lipinski definition) is 1. The third-order valence-corrected chi connectivity index (χ3v) is 5.12. The Labute approximate surface area is 154 Å². The van der Waals surface area contributed by atoms with E-state index in [2.05, 4.69) is 15.1 Å². The summed E-state index contributed by atoms with van der Waals surface area (Å²) in [7, 11) is 0. The number of nitrogens with zero attached hydrogens (tertiary/aromatic N) is 3. The van der Waals surface area contributed by atoms with Gasteiger partial charge in [0, 0.05) is 58.9 Å². The maximum atomic E-state index is 13.7. The van der Waals surface area contributed by atoms with Gasteiger partial charge in [0.05, 0.1) is 13.2 Å². The highest BCUT2D eigenvalue weighted by atomic mass is 19.1. The zero-order valence-electron chi connectivity index (χ0n) is 15.3. The van der Waals surface area contributed by atoms with Crippen LogP contribution in [0, 0.1) is 5.82 Å². The molecular weight excluding hydrogens is 335 g/mol. The maximum absolute atomic E-state index is 13.7. The summed E-state index contributed by atoms with van der Waals surface area (Å²) in [5.41, 5.74) is 0.760. The van der Waals surface area contributed by atoms with Crippen molar-refractivity contribution >= 4 is 6.03 Å². The first-order valence-corrected chi connectivity index (χ1v) is 9.51. The molecule has 0 unspecified atom stereocenters. The molecule has 2 heterocycles. The SMILES string of the molecule is O=C(NCCN1CCOCC1)N1CCN(CCc2ccccc2F)CC1. The van der Waals surface area contributed by atoms with Gasteiger partial charge in [0.15, 0.2) is 0 Å². The lowest BCUT2D eigenvalue weighted by Crippen LogP contribution is -2.53. The van der Waals surface area contributed by atoms with Gasteiger partial charge in [0.25, 0.3) is 0 Å². The Morgan fingerprint density at radius 1 is 1.00 bits per heavy atom. The molecule has 144 valence electrons. The fourth-order valence-electron chi connectivity index (χ4n) is 3.41. The Morgan fingerprint density at radius 2 is 1.69 bits per heavy atom. The third kappa shape index (κ3) is 5.65. The molecule has 0 radical (unpaired) electrons. The molecule has 0 aliphatic carbocycles. The number of halogens is 1. The number of rotatable bonds is 6. The van der Waals surface area contributed by atoms with E-state index in [4.69, 9.17) is 4.74 Å². The Balaban J connectivity index is 1.31. The molecule has 0 spiro atoms. The molecule has 2 aliphatic heterocycles. The van der Waals surface area contributed by atoms with Crippen molar-refractivity contribution in [3.8, 4) is 0 Å². The van der Waals surface area contributed by atoms with Crippen LogP contribution in [0.3, 0.4) is 0 Å². The molecule has 0 aromatic heterocycles. The van der Waals surface area contributed by atoms with Crippen LogP contribution in [0.5, 0.6) is 0 Å². The molecule has 26 heavy (non-hydrogen) atoms. The summed E-state index contributed by atoms with van der Waals surface area (Å²) < 4.78 is 19.0. The third-order valence-electron chi connectivity index (χ3n) is 5.12. The van der Waals surface area contributed by atoms with E-state index in [1.54, 1.807) is 6.07 Å². The van der Waals surface area contributed by atoms with Crippen LogP contribution in [-0.4, -0.2) is 92.8 Å². The molecule has 7 heteroatoms. The second kappa shape index (κ2) is 9.85. The maximum Gasteiger partial charge on any atom is 0.317 e. The average molecular weight is 364 g/mol. The van der Waals surface area contributed by atoms with Crippen LogP contribution in [0.15, 0.2) is 24.3 Å². The van der Waals surface area contributed by atoms with Crippen molar-refractivity contribution in [1.29, 1.82) is 0 Å². The summed E-state index contributed by atoms with van der Waals surface area (Å²) >= 11 is 0. The molecule has 6 nitrogen and oxygen atoms in total. The van der Waals surface area contributed by atoms with E-state index in [1.807, 2.05) is 17.0 Å². The first kappa shape index (κ1) is 19.1. The summed E-state index contributed by atoms with van der Waals surface area (Å²) in [5, 5.41) is 3.02. The van der Waals surface area contributed by atoms with E-state index in [9.17, 15) is 9.18 Å². The lowest BCUT2D eigenvalue weighted by molar-refractivity contribution is 0.0385. The zero-order valence-corrected chi connectivity index (χ0v) is 15.3. The molecule has 1 aromatic rings. The first-order valence-electron chi connectivity index (χ1n) is 9.51. The van der Waals surface area contributed by atoms with Crippen LogP contribution in [0.1, 0.15) is 5.56 Å². The molecule has 2 aliphatic rings. The molecule has 3 rings (SSSR count). The highest BCUT2D eigenvalue weighted by Crippen LogP contribution is 2.09. The summed E-state index contributed by atoms with van der Waals surface area (Å²) in [5.74, 6) is -0.134. The second-order valence-corrected chi connectivity index (χ2v) is 6.86. The molecule has 0 saturated carbocycles. The number of nitrogens with one attached hydrogen (secondary N) is 1. The minimum absolute atomic E-state index is 0.0204. The number of amides is 2. The Morgan fingerprint density at radius 3 is 2.42 bits per heavy atom. The number of urea groups is 1. The van der Waals surface area contributed by atoms with Crippen molar-refractivity contribution in [2.45, 2.75) is 6.42 Å². The van der Waals surface area contributed by atoms with Gasteiger partial charge in [0.1, 0.15) is 5.82 Å². The predicted octanol–water partition coefficient (Wildman–Crippen LogP) is 1.03. The van der Waals surface area contributed by atoms with Gasteiger partial charge >= 0.3 is 6.03 Å². The topological polar surface area (TPSA) is 48.1 Å². The number of morpholine rings is 1. The number of hydrogen-bond acceptors (Lipinski definition) is 4. The standard InChI is InChI=1S/C19H29FN4O2/c20-18-4-2-1-3-17(18)5-7-22-9-11-24(12-10-22)19(25)21-6-8-23-13-15-26-16-14-23/h1-4H,5-16H2,(H,21,25). The molecule has 2 amide bonds.